The summed E-state index contributed by atoms with van der Waals surface area (Å²) in [5.74, 6) is 0.905. The average molecular weight is 322 g/mol. The molecular weight excluding hydrogens is 288 g/mol. The van der Waals surface area contributed by atoms with Crippen LogP contribution in [0, 0.1) is 0 Å². The topological polar surface area (TPSA) is 48.9 Å². The van der Waals surface area contributed by atoms with Crippen molar-refractivity contribution in [2.24, 2.45) is 4.99 Å². The second-order valence-corrected chi connectivity index (χ2v) is 7.15. The molecule has 2 rings (SSSR count). The second kappa shape index (κ2) is 9.28. The highest BCUT2D eigenvalue weighted by molar-refractivity contribution is 5.79. The molecule has 0 saturated carbocycles. The van der Waals surface area contributed by atoms with Gasteiger partial charge in [-0.1, -0.05) is 18.1 Å². The summed E-state index contributed by atoms with van der Waals surface area (Å²) in [5.41, 5.74) is 1.66. The molecule has 0 radical (unpaired) electrons. The fourth-order valence-corrected chi connectivity index (χ4v) is 3.27. The minimum absolute atomic E-state index is 0.168. The van der Waals surface area contributed by atoms with Crippen molar-refractivity contribution in [2.45, 2.75) is 51.5 Å². The van der Waals surface area contributed by atoms with Crippen molar-refractivity contribution in [2.75, 3.05) is 46.4 Å². The average Bonchev–Trinajstić information content (AvgIpc) is 2.59. The van der Waals surface area contributed by atoms with Crippen LogP contribution in [-0.4, -0.2) is 62.8 Å². The summed E-state index contributed by atoms with van der Waals surface area (Å²) in [5, 5.41) is 6.93. The molecule has 0 aromatic rings. The van der Waals surface area contributed by atoms with E-state index in [2.05, 4.69) is 40.4 Å². The smallest absolute Gasteiger partial charge is 0.191 e. The highest BCUT2D eigenvalue weighted by atomic mass is 16.5. The van der Waals surface area contributed by atoms with Gasteiger partial charge in [0.15, 0.2) is 5.96 Å². The van der Waals surface area contributed by atoms with Crippen LogP contribution >= 0.6 is 0 Å². The van der Waals surface area contributed by atoms with Crippen LogP contribution in [0.5, 0.6) is 0 Å². The normalized spacial score (nSPS) is 21.0. The lowest BCUT2D eigenvalue weighted by Gasteiger charge is -2.41. The van der Waals surface area contributed by atoms with Crippen molar-refractivity contribution < 1.29 is 4.74 Å². The third kappa shape index (κ3) is 6.15. The van der Waals surface area contributed by atoms with Crippen LogP contribution in [0.25, 0.3) is 0 Å². The van der Waals surface area contributed by atoms with Gasteiger partial charge in [-0.15, -0.1) is 0 Å². The number of likely N-dealkylation sites (tertiary alicyclic amines) is 1. The van der Waals surface area contributed by atoms with E-state index in [1.54, 1.807) is 0 Å². The van der Waals surface area contributed by atoms with Gasteiger partial charge in [-0.05, 0) is 52.6 Å². The SMILES string of the molecule is CN=C(NCCC1=CCOCC1)NCC(C)(C)N1CCCCC1. The summed E-state index contributed by atoms with van der Waals surface area (Å²) in [6.45, 7) is 10.6. The van der Waals surface area contributed by atoms with Crippen LogP contribution < -0.4 is 10.6 Å². The van der Waals surface area contributed by atoms with Crippen LogP contribution in [0.4, 0.5) is 0 Å². The number of guanidine groups is 1. The fourth-order valence-electron chi connectivity index (χ4n) is 3.27. The molecule has 5 heteroatoms. The van der Waals surface area contributed by atoms with Crippen LogP contribution in [0.1, 0.15) is 46.0 Å². The highest BCUT2D eigenvalue weighted by Gasteiger charge is 2.27. The molecule has 5 nitrogen and oxygen atoms in total. The molecule has 0 spiro atoms. The zero-order valence-corrected chi connectivity index (χ0v) is 15.2. The zero-order chi connectivity index (χ0) is 16.5. The summed E-state index contributed by atoms with van der Waals surface area (Å²) in [7, 11) is 1.84. The van der Waals surface area contributed by atoms with E-state index in [9.17, 15) is 0 Å². The van der Waals surface area contributed by atoms with E-state index in [1.807, 2.05) is 7.05 Å². The van der Waals surface area contributed by atoms with Crippen molar-refractivity contribution in [3.05, 3.63) is 11.6 Å². The monoisotopic (exact) mass is 322 g/mol. The maximum Gasteiger partial charge on any atom is 0.191 e. The Morgan fingerprint density at radius 1 is 1.26 bits per heavy atom. The van der Waals surface area contributed by atoms with Crippen molar-refractivity contribution >= 4 is 5.96 Å². The minimum Gasteiger partial charge on any atom is -0.377 e. The molecule has 0 atom stereocenters. The first-order valence-electron chi connectivity index (χ1n) is 9.07. The summed E-state index contributed by atoms with van der Waals surface area (Å²) >= 11 is 0. The molecule has 0 aliphatic carbocycles. The Balaban J connectivity index is 1.70. The first kappa shape index (κ1) is 18.3. The lowest BCUT2D eigenvalue weighted by molar-refractivity contribution is 0.0982. The molecule has 0 aromatic carbocycles. The first-order valence-corrected chi connectivity index (χ1v) is 9.07. The van der Waals surface area contributed by atoms with E-state index in [4.69, 9.17) is 4.74 Å². The van der Waals surface area contributed by atoms with Crippen molar-refractivity contribution in [1.82, 2.24) is 15.5 Å². The molecule has 0 bridgehead atoms. The third-order valence-electron chi connectivity index (χ3n) is 4.92. The maximum atomic E-state index is 5.34. The number of aliphatic imine (C=N–C) groups is 1. The van der Waals surface area contributed by atoms with E-state index in [1.165, 1.54) is 37.9 Å². The quantitative estimate of drug-likeness (QED) is 0.447. The number of nitrogens with zero attached hydrogens (tertiary/aromatic N) is 2. The van der Waals surface area contributed by atoms with Gasteiger partial charge in [0.1, 0.15) is 0 Å². The molecule has 1 saturated heterocycles. The van der Waals surface area contributed by atoms with Crippen LogP contribution in [0.3, 0.4) is 0 Å². The van der Waals surface area contributed by atoms with Gasteiger partial charge in [-0.25, -0.2) is 0 Å². The summed E-state index contributed by atoms with van der Waals surface area (Å²) in [6.07, 6.45) is 8.38. The van der Waals surface area contributed by atoms with Gasteiger partial charge in [0.05, 0.1) is 13.2 Å². The minimum atomic E-state index is 0.168. The summed E-state index contributed by atoms with van der Waals surface area (Å²) in [4.78, 5) is 6.95. The van der Waals surface area contributed by atoms with Gasteiger partial charge in [-0.3, -0.25) is 9.89 Å². The zero-order valence-electron chi connectivity index (χ0n) is 15.2. The number of hydrogen-bond donors (Lipinski definition) is 2. The molecule has 2 N–H and O–H groups in total. The Labute approximate surface area is 141 Å². The molecular formula is C18H34N4O. The molecule has 2 heterocycles. The number of hydrogen-bond acceptors (Lipinski definition) is 3. The molecule has 1 fully saturated rings. The number of rotatable bonds is 6. The van der Waals surface area contributed by atoms with Gasteiger partial charge < -0.3 is 15.4 Å². The van der Waals surface area contributed by atoms with Gasteiger partial charge in [0.2, 0.25) is 0 Å². The standard InChI is InChI=1S/C18H34N4O/c1-18(2,22-11-5-4-6-12-22)15-21-17(19-3)20-10-7-16-8-13-23-14-9-16/h8H,4-7,9-15H2,1-3H3,(H2,19,20,21). The molecule has 0 amide bonds. The van der Waals surface area contributed by atoms with E-state index in [0.29, 0.717) is 0 Å². The second-order valence-electron chi connectivity index (χ2n) is 7.15. The number of ether oxygens (including phenoxy) is 1. The molecule has 2 aliphatic rings. The van der Waals surface area contributed by atoms with E-state index in [0.717, 1.165) is 45.1 Å². The van der Waals surface area contributed by atoms with Crippen molar-refractivity contribution in [3.63, 3.8) is 0 Å². The Morgan fingerprint density at radius 2 is 2.04 bits per heavy atom. The molecule has 132 valence electrons. The van der Waals surface area contributed by atoms with Crippen LogP contribution in [0.2, 0.25) is 0 Å². The Morgan fingerprint density at radius 3 is 2.70 bits per heavy atom. The summed E-state index contributed by atoms with van der Waals surface area (Å²) in [6, 6.07) is 0. The van der Waals surface area contributed by atoms with Crippen molar-refractivity contribution in [1.29, 1.82) is 0 Å². The van der Waals surface area contributed by atoms with E-state index in [-0.39, 0.29) is 5.54 Å². The predicted octanol–water partition coefficient (Wildman–Crippen LogP) is 2.15. The number of nitrogens with one attached hydrogen (secondary N) is 2. The van der Waals surface area contributed by atoms with E-state index >= 15 is 0 Å². The molecule has 2 aliphatic heterocycles. The highest BCUT2D eigenvalue weighted by Crippen LogP contribution is 2.19. The summed E-state index contributed by atoms with van der Waals surface area (Å²) < 4.78 is 5.34. The third-order valence-corrected chi connectivity index (χ3v) is 4.92. The Bertz CT molecular complexity index is 411. The maximum absolute atomic E-state index is 5.34. The molecule has 0 aromatic heterocycles. The van der Waals surface area contributed by atoms with Gasteiger partial charge in [0.25, 0.3) is 0 Å². The van der Waals surface area contributed by atoms with Crippen LogP contribution in [-0.2, 0) is 4.74 Å². The van der Waals surface area contributed by atoms with Gasteiger partial charge >= 0.3 is 0 Å². The lowest BCUT2D eigenvalue weighted by atomic mass is 9.98. The fraction of sp³-hybridized carbons (Fsp3) is 0.833. The van der Waals surface area contributed by atoms with Crippen LogP contribution in [0.15, 0.2) is 16.6 Å². The molecule has 23 heavy (non-hydrogen) atoms. The lowest BCUT2D eigenvalue weighted by Crippen LogP contribution is -2.54. The van der Waals surface area contributed by atoms with Gasteiger partial charge in [0, 0.05) is 25.7 Å². The van der Waals surface area contributed by atoms with Crippen molar-refractivity contribution in [3.8, 4) is 0 Å². The Hall–Kier alpha value is -1.07. The number of piperidine rings is 1. The van der Waals surface area contributed by atoms with Gasteiger partial charge in [-0.2, -0.15) is 0 Å². The Kier molecular flexibility index (Phi) is 7.37. The first-order chi connectivity index (χ1) is 11.1. The van der Waals surface area contributed by atoms with E-state index < -0.39 is 0 Å². The molecule has 0 unspecified atom stereocenters. The predicted molar refractivity (Wildman–Crippen MR) is 97.0 cm³/mol. The largest absolute Gasteiger partial charge is 0.377 e.